The molecule has 0 aliphatic rings. The van der Waals surface area contributed by atoms with Crippen LogP contribution in [0.2, 0.25) is 5.02 Å². The Morgan fingerprint density at radius 2 is 2.09 bits per heavy atom. The number of rotatable bonds is 4. The quantitative estimate of drug-likeness (QED) is 0.557. The summed E-state index contributed by atoms with van der Waals surface area (Å²) in [6, 6.07) is 12.1. The van der Waals surface area contributed by atoms with Crippen molar-refractivity contribution in [2.24, 2.45) is 5.10 Å². The van der Waals surface area contributed by atoms with Crippen LogP contribution >= 0.6 is 11.6 Å². The Bertz CT molecular complexity index is 868. The van der Waals surface area contributed by atoms with E-state index in [1.54, 1.807) is 12.3 Å². The first kappa shape index (κ1) is 15.2. The number of benzene rings is 2. The number of nitrogens with zero attached hydrogens (tertiary/aromatic N) is 1. The molecule has 1 heterocycles. The maximum atomic E-state index is 13.6. The highest BCUT2D eigenvalue weighted by Gasteiger charge is 2.08. The molecule has 1 aromatic heterocycles. The van der Waals surface area contributed by atoms with Crippen LogP contribution < -0.4 is 5.43 Å². The van der Waals surface area contributed by atoms with Crippen LogP contribution in [0.15, 0.2) is 53.8 Å². The van der Waals surface area contributed by atoms with Gasteiger partial charge in [0.05, 0.1) is 17.7 Å². The van der Waals surface area contributed by atoms with E-state index in [0.29, 0.717) is 0 Å². The average Bonchev–Trinajstić information content (AvgIpc) is 2.93. The van der Waals surface area contributed by atoms with Gasteiger partial charge >= 0.3 is 0 Å². The van der Waals surface area contributed by atoms with Gasteiger partial charge in [0.2, 0.25) is 5.91 Å². The van der Waals surface area contributed by atoms with Crippen molar-refractivity contribution in [1.82, 2.24) is 10.4 Å². The van der Waals surface area contributed by atoms with Crippen LogP contribution in [-0.2, 0) is 11.2 Å². The molecule has 6 heteroatoms. The van der Waals surface area contributed by atoms with Crippen LogP contribution in [0.5, 0.6) is 0 Å². The van der Waals surface area contributed by atoms with E-state index in [2.05, 4.69) is 15.5 Å². The molecule has 0 spiro atoms. The van der Waals surface area contributed by atoms with Crippen molar-refractivity contribution in [2.75, 3.05) is 0 Å². The van der Waals surface area contributed by atoms with E-state index >= 15 is 0 Å². The Hall–Kier alpha value is -2.66. The molecule has 2 N–H and O–H groups in total. The molecule has 0 radical (unpaired) electrons. The second kappa shape index (κ2) is 6.62. The molecule has 3 aromatic rings. The highest BCUT2D eigenvalue weighted by molar-refractivity contribution is 6.33. The lowest BCUT2D eigenvalue weighted by Crippen LogP contribution is -2.19. The van der Waals surface area contributed by atoms with Gasteiger partial charge in [-0.1, -0.05) is 35.9 Å². The fourth-order valence-corrected chi connectivity index (χ4v) is 2.51. The summed E-state index contributed by atoms with van der Waals surface area (Å²) in [5, 5.41) is 4.99. The summed E-state index contributed by atoms with van der Waals surface area (Å²) >= 11 is 5.88. The van der Waals surface area contributed by atoms with Crippen molar-refractivity contribution in [3.63, 3.8) is 0 Å². The summed E-state index contributed by atoms with van der Waals surface area (Å²) in [6.45, 7) is 0. The highest BCUT2D eigenvalue weighted by Crippen LogP contribution is 2.18. The Labute approximate surface area is 137 Å². The third-order valence-electron chi connectivity index (χ3n) is 3.41. The van der Waals surface area contributed by atoms with Crippen LogP contribution in [-0.4, -0.2) is 17.1 Å². The number of nitrogens with one attached hydrogen (secondary N) is 2. The lowest BCUT2D eigenvalue weighted by Gasteiger charge is -2.01. The Morgan fingerprint density at radius 3 is 2.91 bits per heavy atom. The van der Waals surface area contributed by atoms with Crippen molar-refractivity contribution in [3.05, 3.63) is 70.6 Å². The molecule has 0 bridgehead atoms. The Kier molecular flexibility index (Phi) is 4.39. The molecule has 0 saturated carbocycles. The first-order valence-electron chi connectivity index (χ1n) is 6.96. The van der Waals surface area contributed by atoms with Gasteiger partial charge in [0, 0.05) is 22.7 Å². The molecular formula is C17H13ClFN3O. The minimum atomic E-state index is -0.493. The third-order valence-corrected chi connectivity index (χ3v) is 3.74. The first-order valence-corrected chi connectivity index (χ1v) is 7.34. The standard InChI is InChI=1S/C17H13ClFN3O/c18-14-5-3-6-15(19)13(14)10-21-22-17(23)8-11-9-20-16-7-2-1-4-12(11)16/h1-7,9-10,20H,8H2,(H,22,23). The predicted octanol–water partition coefficient (Wildman–Crippen LogP) is 3.65. The smallest absolute Gasteiger partial charge is 0.244 e. The van der Waals surface area contributed by atoms with Crippen molar-refractivity contribution < 1.29 is 9.18 Å². The van der Waals surface area contributed by atoms with Crippen molar-refractivity contribution in [1.29, 1.82) is 0 Å². The molecule has 0 fully saturated rings. The number of amides is 1. The van der Waals surface area contributed by atoms with Gasteiger partial charge in [0.25, 0.3) is 0 Å². The number of fused-ring (bicyclic) bond motifs is 1. The SMILES string of the molecule is O=C(Cc1c[nH]c2ccccc12)NN=Cc1c(F)cccc1Cl. The van der Waals surface area contributed by atoms with Gasteiger partial charge in [-0.05, 0) is 23.8 Å². The fraction of sp³-hybridized carbons (Fsp3) is 0.0588. The number of halogens is 2. The number of hydrazone groups is 1. The molecule has 23 heavy (non-hydrogen) atoms. The number of H-pyrrole nitrogens is 1. The van der Waals surface area contributed by atoms with Gasteiger partial charge in [-0.3, -0.25) is 4.79 Å². The number of carbonyl (C=O) groups excluding carboxylic acids is 1. The normalized spacial score (nSPS) is 11.2. The summed E-state index contributed by atoms with van der Waals surface area (Å²) in [6.07, 6.45) is 3.17. The maximum Gasteiger partial charge on any atom is 0.244 e. The van der Waals surface area contributed by atoms with E-state index < -0.39 is 5.82 Å². The summed E-state index contributed by atoms with van der Waals surface area (Å²) in [4.78, 5) is 15.1. The minimum absolute atomic E-state index is 0.140. The van der Waals surface area contributed by atoms with E-state index in [-0.39, 0.29) is 22.9 Å². The highest BCUT2D eigenvalue weighted by atomic mass is 35.5. The molecule has 0 unspecified atom stereocenters. The molecule has 4 nitrogen and oxygen atoms in total. The Morgan fingerprint density at radius 1 is 1.26 bits per heavy atom. The number of aromatic nitrogens is 1. The van der Waals surface area contributed by atoms with Crippen molar-refractivity contribution in [3.8, 4) is 0 Å². The van der Waals surface area contributed by atoms with Gasteiger partial charge in [-0.25, -0.2) is 9.82 Å². The molecular weight excluding hydrogens is 317 g/mol. The number of hydrogen-bond donors (Lipinski definition) is 2. The lowest BCUT2D eigenvalue weighted by atomic mass is 10.1. The van der Waals surface area contributed by atoms with Crippen molar-refractivity contribution in [2.45, 2.75) is 6.42 Å². The summed E-state index contributed by atoms with van der Waals surface area (Å²) in [7, 11) is 0. The molecule has 3 rings (SSSR count). The largest absolute Gasteiger partial charge is 0.361 e. The molecule has 116 valence electrons. The zero-order chi connectivity index (χ0) is 16.2. The van der Waals surface area contributed by atoms with E-state index in [1.807, 2.05) is 24.3 Å². The Balaban J connectivity index is 1.67. The number of aromatic amines is 1. The van der Waals surface area contributed by atoms with Crippen LogP contribution in [0.25, 0.3) is 10.9 Å². The monoisotopic (exact) mass is 329 g/mol. The summed E-state index contributed by atoms with van der Waals surface area (Å²) in [5.74, 6) is -0.786. The van der Waals surface area contributed by atoms with Crippen LogP contribution in [0, 0.1) is 5.82 Å². The molecule has 0 saturated heterocycles. The van der Waals surface area contributed by atoms with Gasteiger partial charge in [-0.2, -0.15) is 5.10 Å². The topological polar surface area (TPSA) is 57.2 Å². The minimum Gasteiger partial charge on any atom is -0.361 e. The molecule has 0 aliphatic heterocycles. The van der Waals surface area contributed by atoms with E-state index in [0.717, 1.165) is 16.5 Å². The molecule has 1 amide bonds. The van der Waals surface area contributed by atoms with Crippen LogP contribution in [0.3, 0.4) is 0 Å². The molecule has 0 aliphatic carbocycles. The van der Waals surface area contributed by atoms with Gasteiger partial charge in [0.1, 0.15) is 5.82 Å². The first-order chi connectivity index (χ1) is 11.1. The van der Waals surface area contributed by atoms with E-state index in [9.17, 15) is 9.18 Å². The van der Waals surface area contributed by atoms with E-state index in [4.69, 9.17) is 11.6 Å². The third kappa shape index (κ3) is 3.40. The number of carbonyl (C=O) groups is 1. The second-order valence-electron chi connectivity index (χ2n) is 4.96. The fourth-order valence-electron chi connectivity index (χ4n) is 2.29. The predicted molar refractivity (Wildman–Crippen MR) is 89.1 cm³/mol. The number of para-hydroxylation sites is 1. The van der Waals surface area contributed by atoms with E-state index in [1.165, 1.54) is 18.3 Å². The van der Waals surface area contributed by atoms with Crippen LogP contribution in [0.1, 0.15) is 11.1 Å². The number of hydrogen-bond acceptors (Lipinski definition) is 2. The summed E-state index contributed by atoms with van der Waals surface area (Å²) in [5.41, 5.74) is 4.36. The second-order valence-corrected chi connectivity index (χ2v) is 5.37. The van der Waals surface area contributed by atoms with Gasteiger partial charge in [0.15, 0.2) is 0 Å². The zero-order valence-corrected chi connectivity index (χ0v) is 12.8. The van der Waals surface area contributed by atoms with Gasteiger partial charge < -0.3 is 4.98 Å². The lowest BCUT2D eigenvalue weighted by molar-refractivity contribution is -0.120. The van der Waals surface area contributed by atoms with Crippen LogP contribution in [0.4, 0.5) is 4.39 Å². The summed E-state index contributed by atoms with van der Waals surface area (Å²) < 4.78 is 13.6. The average molecular weight is 330 g/mol. The molecule has 0 atom stereocenters. The maximum absolute atomic E-state index is 13.6. The zero-order valence-electron chi connectivity index (χ0n) is 12.0. The van der Waals surface area contributed by atoms with Gasteiger partial charge in [-0.15, -0.1) is 0 Å². The van der Waals surface area contributed by atoms with Crippen molar-refractivity contribution >= 4 is 34.6 Å². The molecule has 2 aromatic carbocycles.